The van der Waals surface area contributed by atoms with Crippen LogP contribution in [0.4, 0.5) is 4.79 Å². The lowest BCUT2D eigenvalue weighted by Gasteiger charge is -2.40. The summed E-state index contributed by atoms with van der Waals surface area (Å²) in [5.41, 5.74) is 0.204. The van der Waals surface area contributed by atoms with Crippen molar-refractivity contribution in [2.45, 2.75) is 57.7 Å². The van der Waals surface area contributed by atoms with Crippen LogP contribution >= 0.6 is 0 Å². The van der Waals surface area contributed by atoms with Crippen molar-refractivity contribution in [3.63, 3.8) is 0 Å². The van der Waals surface area contributed by atoms with Gasteiger partial charge in [-0.25, -0.2) is 9.59 Å². The third kappa shape index (κ3) is 4.19. The van der Waals surface area contributed by atoms with E-state index in [1.54, 1.807) is 27.9 Å². The standard InChI is InChI=1S/C18H25NO5/c1-18(2,3)24-17(22)19-14(6-5-7-15(19)16(20)21)12-8-10-13(23-4)11-9-12/h8-11,14-15H,5-7H2,1-4H3,(H,20,21)/t14-,15+/m0/s1. The summed E-state index contributed by atoms with van der Waals surface area (Å²) in [6, 6.07) is 6.16. The number of hydrogen-bond donors (Lipinski definition) is 1. The van der Waals surface area contributed by atoms with Crippen molar-refractivity contribution < 1.29 is 24.2 Å². The number of hydrogen-bond acceptors (Lipinski definition) is 4. The summed E-state index contributed by atoms with van der Waals surface area (Å²) in [7, 11) is 1.59. The number of aliphatic carboxylic acids is 1. The van der Waals surface area contributed by atoms with Gasteiger partial charge in [-0.15, -0.1) is 0 Å². The van der Waals surface area contributed by atoms with Gasteiger partial charge in [-0.2, -0.15) is 0 Å². The van der Waals surface area contributed by atoms with E-state index in [1.807, 2.05) is 24.3 Å². The highest BCUT2D eigenvalue weighted by molar-refractivity contribution is 5.81. The highest BCUT2D eigenvalue weighted by Gasteiger charge is 2.41. The zero-order valence-corrected chi connectivity index (χ0v) is 14.6. The van der Waals surface area contributed by atoms with E-state index in [0.717, 1.165) is 12.0 Å². The Morgan fingerprint density at radius 2 is 1.79 bits per heavy atom. The molecule has 2 rings (SSSR count). The average Bonchev–Trinajstić information content (AvgIpc) is 2.52. The monoisotopic (exact) mass is 335 g/mol. The lowest BCUT2D eigenvalue weighted by Crippen LogP contribution is -2.51. The molecule has 1 N–H and O–H groups in total. The molecule has 2 atom stereocenters. The first-order valence-corrected chi connectivity index (χ1v) is 8.11. The number of carbonyl (C=O) groups excluding carboxylic acids is 1. The minimum absolute atomic E-state index is 0.319. The van der Waals surface area contributed by atoms with Crippen LogP contribution in [0, 0.1) is 0 Å². The molecule has 6 heteroatoms. The number of nitrogens with zero attached hydrogens (tertiary/aromatic N) is 1. The Morgan fingerprint density at radius 1 is 1.17 bits per heavy atom. The van der Waals surface area contributed by atoms with Crippen molar-refractivity contribution in [3.05, 3.63) is 29.8 Å². The molecule has 0 radical (unpaired) electrons. The molecule has 0 spiro atoms. The third-order valence-electron chi connectivity index (χ3n) is 4.02. The Hall–Kier alpha value is -2.24. The van der Waals surface area contributed by atoms with Gasteiger partial charge in [-0.3, -0.25) is 4.90 Å². The molecule has 0 unspecified atom stereocenters. The molecule has 1 heterocycles. The van der Waals surface area contributed by atoms with Gasteiger partial charge in [0, 0.05) is 0 Å². The molecule has 0 aromatic heterocycles. The van der Waals surface area contributed by atoms with Crippen LogP contribution in [-0.2, 0) is 9.53 Å². The van der Waals surface area contributed by atoms with Crippen LogP contribution in [0.1, 0.15) is 51.6 Å². The molecule has 1 aliphatic rings. The molecular formula is C18H25NO5. The second-order valence-electron chi connectivity index (χ2n) is 6.96. The summed E-state index contributed by atoms with van der Waals surface area (Å²) >= 11 is 0. The average molecular weight is 335 g/mol. The molecule has 0 bridgehead atoms. The fraction of sp³-hybridized carbons (Fsp3) is 0.556. The minimum atomic E-state index is -1.00. The van der Waals surface area contributed by atoms with Gasteiger partial charge in [0.1, 0.15) is 17.4 Å². The normalized spacial score (nSPS) is 21.2. The van der Waals surface area contributed by atoms with Crippen LogP contribution in [-0.4, -0.2) is 40.8 Å². The molecule has 0 aliphatic carbocycles. The Balaban J connectivity index is 2.34. The Bertz CT molecular complexity index is 590. The molecule has 24 heavy (non-hydrogen) atoms. The summed E-state index contributed by atoms with van der Waals surface area (Å²) in [6.07, 6.45) is 1.29. The summed E-state index contributed by atoms with van der Waals surface area (Å²) in [6.45, 7) is 5.31. The molecule has 6 nitrogen and oxygen atoms in total. The Morgan fingerprint density at radius 3 is 2.29 bits per heavy atom. The highest BCUT2D eigenvalue weighted by Crippen LogP contribution is 2.36. The van der Waals surface area contributed by atoms with Crippen molar-refractivity contribution in [2.24, 2.45) is 0 Å². The van der Waals surface area contributed by atoms with Crippen LogP contribution in [0.15, 0.2) is 24.3 Å². The van der Waals surface area contributed by atoms with Crippen molar-refractivity contribution in [3.8, 4) is 5.75 Å². The van der Waals surface area contributed by atoms with E-state index in [9.17, 15) is 14.7 Å². The SMILES string of the molecule is COc1ccc([C@@H]2CCC[C@H](C(=O)O)N2C(=O)OC(C)(C)C)cc1. The van der Waals surface area contributed by atoms with Crippen LogP contribution in [0.3, 0.4) is 0 Å². The second kappa shape index (κ2) is 7.11. The van der Waals surface area contributed by atoms with Crippen molar-refractivity contribution >= 4 is 12.1 Å². The van der Waals surface area contributed by atoms with Gasteiger partial charge in [0.2, 0.25) is 0 Å². The predicted molar refractivity (Wildman–Crippen MR) is 89.1 cm³/mol. The number of amides is 1. The smallest absolute Gasteiger partial charge is 0.411 e. The lowest BCUT2D eigenvalue weighted by molar-refractivity contribution is -0.145. The van der Waals surface area contributed by atoms with Crippen LogP contribution in [0.2, 0.25) is 0 Å². The second-order valence-corrected chi connectivity index (χ2v) is 6.96. The summed E-state index contributed by atoms with van der Waals surface area (Å²) in [5, 5.41) is 9.53. The maximum absolute atomic E-state index is 12.7. The number of methoxy groups -OCH3 is 1. The predicted octanol–water partition coefficient (Wildman–Crippen LogP) is 3.61. The number of likely N-dealkylation sites (tertiary alicyclic amines) is 1. The maximum Gasteiger partial charge on any atom is 0.411 e. The number of carboxylic acid groups (broad SMARTS) is 1. The molecule has 1 aliphatic heterocycles. The zero-order valence-electron chi connectivity index (χ0n) is 14.6. The van der Waals surface area contributed by atoms with Crippen LogP contribution < -0.4 is 4.74 Å². The molecule has 1 aromatic carbocycles. The summed E-state index contributed by atoms with van der Waals surface area (Å²) in [5.74, 6) is -0.285. The summed E-state index contributed by atoms with van der Waals surface area (Å²) in [4.78, 5) is 25.7. The Labute approximate surface area is 142 Å². The van der Waals surface area contributed by atoms with Gasteiger partial charge in [-0.1, -0.05) is 12.1 Å². The number of carboxylic acids is 1. The molecule has 1 fully saturated rings. The number of benzene rings is 1. The molecule has 1 amide bonds. The minimum Gasteiger partial charge on any atom is -0.497 e. The first kappa shape index (κ1) is 18.1. The number of carbonyl (C=O) groups is 2. The largest absolute Gasteiger partial charge is 0.497 e. The van der Waals surface area contributed by atoms with E-state index in [1.165, 1.54) is 4.90 Å². The van der Waals surface area contributed by atoms with Gasteiger partial charge < -0.3 is 14.6 Å². The molecule has 1 saturated heterocycles. The maximum atomic E-state index is 12.7. The fourth-order valence-electron chi connectivity index (χ4n) is 2.96. The third-order valence-corrected chi connectivity index (χ3v) is 4.02. The molecular weight excluding hydrogens is 310 g/mol. The quantitative estimate of drug-likeness (QED) is 0.913. The molecule has 1 aromatic rings. The zero-order chi connectivity index (χ0) is 17.9. The summed E-state index contributed by atoms with van der Waals surface area (Å²) < 4.78 is 10.6. The van der Waals surface area contributed by atoms with Gasteiger partial charge in [0.15, 0.2) is 0 Å². The molecule has 132 valence electrons. The van der Waals surface area contributed by atoms with Crippen molar-refractivity contribution in [1.82, 2.24) is 4.90 Å². The van der Waals surface area contributed by atoms with E-state index in [-0.39, 0.29) is 6.04 Å². The van der Waals surface area contributed by atoms with Gasteiger partial charge in [-0.05, 0) is 57.7 Å². The van der Waals surface area contributed by atoms with Crippen LogP contribution in [0.5, 0.6) is 5.75 Å². The van der Waals surface area contributed by atoms with Gasteiger partial charge in [0.05, 0.1) is 13.2 Å². The number of ether oxygens (including phenoxy) is 2. The number of piperidine rings is 1. The Kier molecular flexibility index (Phi) is 5.36. The molecule has 0 saturated carbocycles. The highest BCUT2D eigenvalue weighted by atomic mass is 16.6. The number of rotatable bonds is 3. The lowest BCUT2D eigenvalue weighted by atomic mass is 9.91. The van der Waals surface area contributed by atoms with Gasteiger partial charge in [0.25, 0.3) is 0 Å². The fourth-order valence-corrected chi connectivity index (χ4v) is 2.96. The first-order chi connectivity index (χ1) is 11.2. The first-order valence-electron chi connectivity index (χ1n) is 8.11. The van der Waals surface area contributed by atoms with E-state index in [2.05, 4.69) is 0 Å². The van der Waals surface area contributed by atoms with E-state index in [0.29, 0.717) is 18.6 Å². The van der Waals surface area contributed by atoms with Crippen LogP contribution in [0.25, 0.3) is 0 Å². The van der Waals surface area contributed by atoms with E-state index >= 15 is 0 Å². The van der Waals surface area contributed by atoms with E-state index < -0.39 is 23.7 Å². The van der Waals surface area contributed by atoms with Crippen molar-refractivity contribution in [2.75, 3.05) is 7.11 Å². The topological polar surface area (TPSA) is 76.1 Å². The van der Waals surface area contributed by atoms with E-state index in [4.69, 9.17) is 9.47 Å². The van der Waals surface area contributed by atoms with Crippen molar-refractivity contribution in [1.29, 1.82) is 0 Å². The van der Waals surface area contributed by atoms with Gasteiger partial charge >= 0.3 is 12.1 Å².